The highest BCUT2D eigenvalue weighted by Crippen LogP contribution is 2.42. The third-order valence-corrected chi connectivity index (χ3v) is 5.87. The minimum atomic E-state index is 1.46. The van der Waals surface area contributed by atoms with Crippen LogP contribution in [-0.4, -0.2) is 0 Å². The Balaban J connectivity index is 2.64. The Morgan fingerprint density at radius 1 is 0.846 bits per heavy atom. The van der Waals surface area contributed by atoms with Crippen molar-refractivity contribution in [1.82, 2.24) is 0 Å². The first-order valence-corrected chi connectivity index (χ1v) is 6.69. The van der Waals surface area contributed by atoms with E-state index in [1.807, 2.05) is 34.0 Å². The Bertz CT molecular complexity index is 529. The van der Waals surface area contributed by atoms with Crippen LogP contribution in [0.4, 0.5) is 0 Å². The lowest BCUT2D eigenvalue weighted by atomic mass is 10.3. The summed E-state index contributed by atoms with van der Waals surface area (Å²) in [6.07, 6.45) is 0. The summed E-state index contributed by atoms with van der Waals surface area (Å²) in [7, 11) is 0. The van der Waals surface area contributed by atoms with Gasteiger partial charge in [0, 0.05) is 40.7 Å². The molecular weight excluding hydrogens is 216 g/mol. The summed E-state index contributed by atoms with van der Waals surface area (Å²) in [5.41, 5.74) is 0. The largest absolute Gasteiger partial charge is 0.147 e. The van der Waals surface area contributed by atoms with Gasteiger partial charge in [-0.3, -0.25) is 0 Å². The fourth-order valence-corrected chi connectivity index (χ4v) is 4.87. The van der Waals surface area contributed by atoms with Gasteiger partial charge in [-0.1, -0.05) is 0 Å². The Hall–Kier alpha value is -0.380. The Morgan fingerprint density at radius 2 is 1.31 bits per heavy atom. The maximum atomic E-state index is 2.29. The minimum absolute atomic E-state index is 1.46. The van der Waals surface area contributed by atoms with E-state index in [4.69, 9.17) is 0 Å². The molecule has 3 aromatic rings. The molecule has 0 aromatic carbocycles. The van der Waals surface area contributed by atoms with Crippen LogP contribution in [0.1, 0.15) is 9.75 Å². The zero-order chi connectivity index (χ0) is 9.00. The molecule has 0 nitrogen and oxygen atoms in total. The van der Waals surface area contributed by atoms with Crippen LogP contribution in [0, 0.1) is 13.8 Å². The van der Waals surface area contributed by atoms with E-state index < -0.39 is 0 Å². The molecule has 0 spiro atoms. The van der Waals surface area contributed by atoms with Crippen molar-refractivity contribution in [2.24, 2.45) is 0 Å². The van der Waals surface area contributed by atoms with Crippen molar-refractivity contribution in [2.45, 2.75) is 13.8 Å². The second-order valence-electron chi connectivity index (χ2n) is 3.17. The average Bonchev–Trinajstić information content (AvgIpc) is 2.70. The number of aryl methyl sites for hydroxylation is 2. The van der Waals surface area contributed by atoms with Crippen LogP contribution in [0.3, 0.4) is 0 Å². The summed E-state index contributed by atoms with van der Waals surface area (Å²) >= 11 is 5.68. The molecule has 0 unspecified atom stereocenters. The lowest BCUT2D eigenvalue weighted by Crippen LogP contribution is -1.52. The average molecular weight is 224 g/mol. The number of fused-ring (bicyclic) bond motifs is 3. The van der Waals surface area contributed by atoms with Gasteiger partial charge in [0.15, 0.2) is 0 Å². The molecule has 0 aliphatic rings. The molecule has 0 saturated carbocycles. The molecule has 0 fully saturated rings. The van der Waals surface area contributed by atoms with Gasteiger partial charge in [-0.25, -0.2) is 0 Å². The van der Waals surface area contributed by atoms with Gasteiger partial charge in [0.2, 0.25) is 0 Å². The van der Waals surface area contributed by atoms with E-state index in [-0.39, 0.29) is 0 Å². The van der Waals surface area contributed by atoms with Crippen molar-refractivity contribution in [3.05, 3.63) is 20.5 Å². The lowest BCUT2D eigenvalue weighted by molar-refractivity contribution is 1.72. The third-order valence-electron chi connectivity index (χ3n) is 2.33. The second kappa shape index (κ2) is 2.56. The highest BCUT2D eigenvalue weighted by atomic mass is 32.1. The molecule has 0 bridgehead atoms. The van der Waals surface area contributed by atoms with Crippen LogP contribution in [0.15, 0.2) is 10.8 Å². The SMILES string of the molecule is Cc1scc2c1sc1c(C)scc12. The van der Waals surface area contributed by atoms with Gasteiger partial charge >= 0.3 is 0 Å². The van der Waals surface area contributed by atoms with Gasteiger partial charge in [-0.05, 0) is 13.8 Å². The molecule has 0 amide bonds. The zero-order valence-corrected chi connectivity index (χ0v) is 9.83. The molecule has 0 aliphatic heterocycles. The molecule has 0 saturated heterocycles. The van der Waals surface area contributed by atoms with Crippen molar-refractivity contribution in [3.8, 4) is 0 Å². The second-order valence-corrected chi connectivity index (χ2v) is 6.36. The first-order valence-electron chi connectivity index (χ1n) is 4.12. The molecule has 0 aliphatic carbocycles. The smallest absolute Gasteiger partial charge is 0.0492 e. The lowest BCUT2D eigenvalue weighted by Gasteiger charge is -1.80. The topological polar surface area (TPSA) is 0 Å². The standard InChI is InChI=1S/C10H8S3/c1-5-9-7(3-11-5)8-4-12-6(2)10(8)13-9/h3-4H,1-2H3. The van der Waals surface area contributed by atoms with Gasteiger partial charge in [-0.2, -0.15) is 0 Å². The molecule has 0 atom stereocenters. The predicted octanol–water partition coefficient (Wildman–Crippen LogP) is 4.79. The molecule has 13 heavy (non-hydrogen) atoms. The number of hydrogen-bond acceptors (Lipinski definition) is 3. The fraction of sp³-hybridized carbons (Fsp3) is 0.200. The summed E-state index contributed by atoms with van der Waals surface area (Å²) in [5, 5.41) is 7.50. The third kappa shape index (κ3) is 0.951. The normalized spacial score (nSPS) is 11.8. The molecule has 66 valence electrons. The van der Waals surface area contributed by atoms with Gasteiger partial charge in [0.25, 0.3) is 0 Å². The van der Waals surface area contributed by atoms with Crippen molar-refractivity contribution in [1.29, 1.82) is 0 Å². The summed E-state index contributed by atoms with van der Waals surface area (Å²) in [5.74, 6) is 0. The van der Waals surface area contributed by atoms with Crippen LogP contribution in [0.2, 0.25) is 0 Å². The number of thiophene rings is 3. The Labute approximate surface area is 88.4 Å². The van der Waals surface area contributed by atoms with Crippen molar-refractivity contribution in [3.63, 3.8) is 0 Å². The van der Waals surface area contributed by atoms with E-state index >= 15 is 0 Å². The van der Waals surface area contributed by atoms with Crippen molar-refractivity contribution in [2.75, 3.05) is 0 Å². The highest BCUT2D eigenvalue weighted by molar-refractivity contribution is 7.31. The van der Waals surface area contributed by atoms with E-state index in [0.717, 1.165) is 0 Å². The van der Waals surface area contributed by atoms with Crippen LogP contribution in [0.25, 0.3) is 20.2 Å². The van der Waals surface area contributed by atoms with E-state index in [9.17, 15) is 0 Å². The van der Waals surface area contributed by atoms with Gasteiger partial charge < -0.3 is 0 Å². The minimum Gasteiger partial charge on any atom is -0.147 e. The van der Waals surface area contributed by atoms with Crippen LogP contribution < -0.4 is 0 Å². The fourth-order valence-electron chi connectivity index (χ4n) is 1.62. The highest BCUT2D eigenvalue weighted by Gasteiger charge is 2.11. The monoisotopic (exact) mass is 224 g/mol. The Kier molecular flexibility index (Phi) is 1.57. The molecule has 0 N–H and O–H groups in total. The first kappa shape index (κ1) is 7.97. The molecule has 0 radical (unpaired) electrons. The van der Waals surface area contributed by atoms with E-state index in [1.54, 1.807) is 0 Å². The molecule has 3 aromatic heterocycles. The van der Waals surface area contributed by atoms with Crippen molar-refractivity contribution < 1.29 is 0 Å². The summed E-state index contributed by atoms with van der Waals surface area (Å²) < 4.78 is 2.98. The number of rotatable bonds is 0. The quantitative estimate of drug-likeness (QED) is 0.515. The molecule has 3 heterocycles. The van der Waals surface area contributed by atoms with Crippen LogP contribution >= 0.6 is 34.0 Å². The van der Waals surface area contributed by atoms with E-state index in [1.165, 1.54) is 29.9 Å². The van der Waals surface area contributed by atoms with E-state index in [2.05, 4.69) is 24.6 Å². The van der Waals surface area contributed by atoms with Gasteiger partial charge in [0.1, 0.15) is 0 Å². The molecular formula is C10H8S3. The Morgan fingerprint density at radius 3 is 1.77 bits per heavy atom. The molecule has 3 rings (SSSR count). The zero-order valence-electron chi connectivity index (χ0n) is 7.38. The number of hydrogen-bond donors (Lipinski definition) is 0. The van der Waals surface area contributed by atoms with E-state index in [0.29, 0.717) is 0 Å². The maximum absolute atomic E-state index is 2.29. The summed E-state index contributed by atoms with van der Waals surface area (Å²) in [4.78, 5) is 2.92. The van der Waals surface area contributed by atoms with Crippen LogP contribution in [-0.2, 0) is 0 Å². The van der Waals surface area contributed by atoms with Gasteiger partial charge in [0.05, 0.1) is 0 Å². The predicted molar refractivity (Wildman–Crippen MR) is 64.6 cm³/mol. The van der Waals surface area contributed by atoms with Gasteiger partial charge in [-0.15, -0.1) is 34.0 Å². The molecule has 3 heteroatoms. The first-order chi connectivity index (χ1) is 6.27. The summed E-state index contributed by atoms with van der Waals surface area (Å²) in [6.45, 7) is 4.42. The van der Waals surface area contributed by atoms with Crippen LogP contribution in [0.5, 0.6) is 0 Å². The van der Waals surface area contributed by atoms with Crippen molar-refractivity contribution >= 4 is 54.2 Å². The maximum Gasteiger partial charge on any atom is 0.0492 e. The summed E-state index contributed by atoms with van der Waals surface area (Å²) in [6, 6.07) is 0.